The molecule has 6 heteroatoms. The monoisotopic (exact) mass is 294 g/mol. The van der Waals surface area contributed by atoms with Gasteiger partial charge in [0.2, 0.25) is 0 Å². The van der Waals surface area contributed by atoms with E-state index in [0.717, 1.165) is 27.6 Å². The molecular weight excluding hydrogens is 284 g/mol. The van der Waals surface area contributed by atoms with Gasteiger partial charge >= 0.3 is 6.01 Å². The van der Waals surface area contributed by atoms with E-state index in [-0.39, 0.29) is 0 Å². The maximum atomic E-state index is 5.62. The Kier molecular flexibility index (Phi) is 2.86. The van der Waals surface area contributed by atoms with Crippen LogP contribution in [-0.4, -0.2) is 15.0 Å². The van der Waals surface area contributed by atoms with Gasteiger partial charge in [-0.3, -0.25) is 10.3 Å². The van der Waals surface area contributed by atoms with Crippen molar-refractivity contribution in [2.75, 3.05) is 5.32 Å². The summed E-state index contributed by atoms with van der Waals surface area (Å²) in [7, 11) is 0. The number of nitrogens with zero attached hydrogens (tertiary/aromatic N) is 3. The lowest BCUT2D eigenvalue weighted by Crippen LogP contribution is -1.89. The molecule has 0 aliphatic rings. The quantitative estimate of drug-likeness (QED) is 0.616. The molecule has 0 amide bonds. The van der Waals surface area contributed by atoms with Crippen LogP contribution in [-0.2, 0) is 0 Å². The maximum absolute atomic E-state index is 5.62. The molecule has 4 aromatic rings. The van der Waals surface area contributed by atoms with Gasteiger partial charge in [0.05, 0.1) is 5.69 Å². The van der Waals surface area contributed by atoms with Crippen LogP contribution in [0.2, 0.25) is 0 Å². The lowest BCUT2D eigenvalue weighted by Gasteiger charge is -1.95. The van der Waals surface area contributed by atoms with Crippen LogP contribution >= 0.6 is 11.3 Å². The third-order valence-corrected chi connectivity index (χ3v) is 3.70. The van der Waals surface area contributed by atoms with Crippen LogP contribution in [0, 0.1) is 0 Å². The highest BCUT2D eigenvalue weighted by Gasteiger charge is 2.09. The Bertz CT molecular complexity index is 852. The van der Waals surface area contributed by atoms with Crippen molar-refractivity contribution in [3.63, 3.8) is 0 Å². The van der Waals surface area contributed by atoms with Crippen LogP contribution in [0.4, 0.5) is 11.1 Å². The molecule has 3 aromatic heterocycles. The molecule has 0 aliphatic carbocycles. The summed E-state index contributed by atoms with van der Waals surface area (Å²) in [5.74, 6) is 0. The summed E-state index contributed by atoms with van der Waals surface area (Å²) < 4.78 is 5.62. The Hall–Kier alpha value is -2.73. The highest BCUT2D eigenvalue weighted by atomic mass is 32.1. The van der Waals surface area contributed by atoms with Crippen molar-refractivity contribution in [3.8, 4) is 11.4 Å². The number of hydrogen-bond donors (Lipinski definition) is 1. The Morgan fingerprint density at radius 1 is 0.952 bits per heavy atom. The standard InChI is InChI=1S/C15H10N4OS/c1-2-7-13-11(6-1)17-14(20-13)19-15-18-12(9-21-15)10-5-3-4-8-16-10/h1-9H,(H,17,18,19). The predicted molar refractivity (Wildman–Crippen MR) is 82.6 cm³/mol. The molecule has 0 aliphatic heterocycles. The van der Waals surface area contributed by atoms with Gasteiger partial charge in [0.25, 0.3) is 0 Å². The lowest BCUT2D eigenvalue weighted by atomic mass is 10.3. The molecule has 0 saturated heterocycles. The molecule has 0 radical (unpaired) electrons. The van der Waals surface area contributed by atoms with Crippen LogP contribution < -0.4 is 5.32 Å². The van der Waals surface area contributed by atoms with Crippen LogP contribution in [0.1, 0.15) is 0 Å². The normalized spacial score (nSPS) is 10.9. The average Bonchev–Trinajstić information content (AvgIpc) is 3.14. The Labute approximate surface area is 124 Å². The molecule has 1 aromatic carbocycles. The zero-order valence-electron chi connectivity index (χ0n) is 10.9. The number of oxazole rings is 1. The smallest absolute Gasteiger partial charge is 0.302 e. The van der Waals surface area contributed by atoms with Gasteiger partial charge in [-0.05, 0) is 24.3 Å². The summed E-state index contributed by atoms with van der Waals surface area (Å²) in [5.41, 5.74) is 3.25. The second-order valence-electron chi connectivity index (χ2n) is 4.36. The second-order valence-corrected chi connectivity index (χ2v) is 5.22. The number of anilines is 2. The Morgan fingerprint density at radius 2 is 1.86 bits per heavy atom. The molecule has 0 spiro atoms. The molecule has 21 heavy (non-hydrogen) atoms. The van der Waals surface area contributed by atoms with Crippen LogP contribution in [0.5, 0.6) is 0 Å². The average molecular weight is 294 g/mol. The van der Waals surface area contributed by atoms with Gasteiger partial charge in [-0.2, -0.15) is 4.98 Å². The highest BCUT2D eigenvalue weighted by molar-refractivity contribution is 7.14. The van der Waals surface area contributed by atoms with Crippen LogP contribution in [0.25, 0.3) is 22.5 Å². The van der Waals surface area contributed by atoms with E-state index in [1.807, 2.05) is 47.8 Å². The third kappa shape index (κ3) is 2.36. The minimum absolute atomic E-state index is 0.443. The number of para-hydroxylation sites is 2. The summed E-state index contributed by atoms with van der Waals surface area (Å²) in [5, 5.41) is 5.76. The van der Waals surface area contributed by atoms with E-state index in [4.69, 9.17) is 4.42 Å². The van der Waals surface area contributed by atoms with Crippen molar-refractivity contribution in [1.82, 2.24) is 15.0 Å². The topological polar surface area (TPSA) is 63.8 Å². The van der Waals surface area contributed by atoms with Crippen molar-refractivity contribution >= 4 is 33.6 Å². The SMILES string of the molecule is c1ccc(-c2csc(Nc3nc4ccccc4o3)n2)nc1. The number of benzene rings is 1. The molecular formula is C15H10N4OS. The fourth-order valence-electron chi connectivity index (χ4n) is 1.98. The molecule has 1 N–H and O–H groups in total. The lowest BCUT2D eigenvalue weighted by molar-refractivity contribution is 0.623. The molecule has 5 nitrogen and oxygen atoms in total. The second kappa shape index (κ2) is 4.99. The van der Waals surface area contributed by atoms with Crippen molar-refractivity contribution < 1.29 is 4.42 Å². The molecule has 0 unspecified atom stereocenters. The number of pyridine rings is 1. The maximum Gasteiger partial charge on any atom is 0.302 e. The summed E-state index contributed by atoms with van der Waals surface area (Å²) in [4.78, 5) is 13.1. The zero-order valence-corrected chi connectivity index (χ0v) is 11.7. The molecule has 102 valence electrons. The predicted octanol–water partition coefficient (Wildman–Crippen LogP) is 4.09. The van der Waals surface area contributed by atoms with Crippen LogP contribution in [0.3, 0.4) is 0 Å². The first-order valence-electron chi connectivity index (χ1n) is 6.38. The van der Waals surface area contributed by atoms with Crippen molar-refractivity contribution in [2.24, 2.45) is 0 Å². The van der Waals surface area contributed by atoms with Gasteiger partial charge in [-0.15, -0.1) is 11.3 Å². The molecule has 0 bridgehead atoms. The Morgan fingerprint density at radius 3 is 2.71 bits per heavy atom. The summed E-state index contributed by atoms with van der Waals surface area (Å²) in [6.45, 7) is 0. The third-order valence-electron chi connectivity index (χ3n) is 2.94. The van der Waals surface area contributed by atoms with Gasteiger partial charge in [0, 0.05) is 11.6 Å². The minimum Gasteiger partial charge on any atom is -0.423 e. The fourth-order valence-corrected chi connectivity index (χ4v) is 2.67. The minimum atomic E-state index is 0.443. The summed E-state index contributed by atoms with van der Waals surface area (Å²) >= 11 is 1.49. The number of nitrogens with one attached hydrogen (secondary N) is 1. The van der Waals surface area contributed by atoms with Gasteiger partial charge < -0.3 is 4.42 Å². The van der Waals surface area contributed by atoms with Crippen molar-refractivity contribution in [2.45, 2.75) is 0 Å². The molecule has 0 atom stereocenters. The number of aromatic nitrogens is 3. The first-order valence-corrected chi connectivity index (χ1v) is 7.26. The van der Waals surface area contributed by atoms with Gasteiger partial charge in [-0.25, -0.2) is 4.98 Å². The summed E-state index contributed by atoms with van der Waals surface area (Å²) in [6, 6.07) is 13.8. The summed E-state index contributed by atoms with van der Waals surface area (Å²) in [6.07, 6.45) is 1.75. The highest BCUT2D eigenvalue weighted by Crippen LogP contribution is 2.27. The number of fused-ring (bicyclic) bond motifs is 1. The van der Waals surface area contributed by atoms with E-state index in [0.29, 0.717) is 6.01 Å². The van der Waals surface area contributed by atoms with Gasteiger partial charge in [0.15, 0.2) is 10.7 Å². The Balaban J connectivity index is 1.61. The van der Waals surface area contributed by atoms with Crippen molar-refractivity contribution in [1.29, 1.82) is 0 Å². The number of thiazole rings is 1. The number of hydrogen-bond acceptors (Lipinski definition) is 6. The van der Waals surface area contributed by atoms with Crippen molar-refractivity contribution in [3.05, 3.63) is 54.0 Å². The largest absolute Gasteiger partial charge is 0.423 e. The molecule has 0 saturated carbocycles. The van der Waals surface area contributed by atoms with Gasteiger partial charge in [0.1, 0.15) is 11.2 Å². The zero-order chi connectivity index (χ0) is 14.1. The van der Waals surface area contributed by atoms with E-state index in [2.05, 4.69) is 20.3 Å². The van der Waals surface area contributed by atoms with E-state index in [1.165, 1.54) is 11.3 Å². The fraction of sp³-hybridized carbons (Fsp3) is 0. The van der Waals surface area contributed by atoms with E-state index < -0.39 is 0 Å². The first kappa shape index (κ1) is 12.0. The molecule has 0 fully saturated rings. The van der Waals surface area contributed by atoms with E-state index >= 15 is 0 Å². The van der Waals surface area contributed by atoms with Gasteiger partial charge in [-0.1, -0.05) is 18.2 Å². The molecule has 4 rings (SSSR count). The molecule has 3 heterocycles. The number of rotatable bonds is 3. The van der Waals surface area contributed by atoms with E-state index in [9.17, 15) is 0 Å². The van der Waals surface area contributed by atoms with Crippen LogP contribution in [0.15, 0.2) is 58.5 Å². The van der Waals surface area contributed by atoms with E-state index in [1.54, 1.807) is 6.20 Å². The first-order chi connectivity index (χ1) is 10.4.